The number of likely N-dealkylation sites (tertiary alicyclic amines) is 1. The maximum Gasteiger partial charge on any atom is 0.406 e. The van der Waals surface area contributed by atoms with Gasteiger partial charge in [-0.3, -0.25) is 25.2 Å². The minimum absolute atomic E-state index is 0.117. The van der Waals surface area contributed by atoms with E-state index in [9.17, 15) is 27.6 Å². The van der Waals surface area contributed by atoms with Crippen molar-refractivity contribution >= 4 is 23.4 Å². The van der Waals surface area contributed by atoms with Crippen LogP contribution in [0.1, 0.15) is 51.5 Å². The van der Waals surface area contributed by atoms with Gasteiger partial charge in [0.1, 0.15) is 6.54 Å². The highest BCUT2D eigenvalue weighted by Crippen LogP contribution is 2.46. The number of carbonyl (C=O) groups is 3. The van der Waals surface area contributed by atoms with Gasteiger partial charge in [-0.15, -0.1) is 0 Å². The molecule has 0 spiro atoms. The van der Waals surface area contributed by atoms with Crippen LogP contribution in [0.2, 0.25) is 0 Å². The molecule has 2 saturated heterocycles. The molecule has 2 aromatic carbocycles. The first-order chi connectivity index (χ1) is 17.6. The Labute approximate surface area is 211 Å². The van der Waals surface area contributed by atoms with Gasteiger partial charge in [0.25, 0.3) is 5.91 Å². The molecule has 3 amide bonds. The molecular formula is C26H28F3N5O3. The Morgan fingerprint density at radius 1 is 1.11 bits per heavy atom. The van der Waals surface area contributed by atoms with Gasteiger partial charge in [-0.1, -0.05) is 24.3 Å². The highest BCUT2D eigenvalue weighted by molar-refractivity contribution is 6.06. The maximum atomic E-state index is 13.5. The first kappa shape index (κ1) is 25.2. The van der Waals surface area contributed by atoms with Crippen LogP contribution in [-0.2, 0) is 4.79 Å². The molecule has 2 aliphatic heterocycles. The van der Waals surface area contributed by atoms with E-state index < -0.39 is 42.4 Å². The van der Waals surface area contributed by atoms with Crippen LogP contribution in [0.4, 0.5) is 18.9 Å². The lowest BCUT2D eigenvalue weighted by atomic mass is 9.67. The molecule has 2 aromatic rings. The second-order valence-corrected chi connectivity index (χ2v) is 9.97. The topological polar surface area (TPSA) is 117 Å². The van der Waals surface area contributed by atoms with Gasteiger partial charge in [0.05, 0.1) is 5.92 Å². The van der Waals surface area contributed by atoms with Crippen LogP contribution >= 0.6 is 0 Å². The number of piperidine rings is 1. The fraction of sp³-hybridized carbons (Fsp3) is 0.423. The van der Waals surface area contributed by atoms with Crippen molar-refractivity contribution < 1.29 is 27.6 Å². The predicted molar refractivity (Wildman–Crippen MR) is 129 cm³/mol. The van der Waals surface area contributed by atoms with E-state index in [0.717, 1.165) is 10.5 Å². The summed E-state index contributed by atoms with van der Waals surface area (Å²) in [5.41, 5.74) is 13.2. The van der Waals surface area contributed by atoms with E-state index in [-0.39, 0.29) is 23.4 Å². The number of benzene rings is 2. The highest BCUT2D eigenvalue weighted by atomic mass is 19.4. The van der Waals surface area contributed by atoms with Crippen molar-refractivity contribution in [3.05, 3.63) is 65.2 Å². The number of nitrogens with one attached hydrogen (secondary N) is 3. The average molecular weight is 516 g/mol. The summed E-state index contributed by atoms with van der Waals surface area (Å²) in [7, 11) is 0. The standard InChI is InChI=1S/C26H28F3N5O3/c27-26(28,29)13-34-21-11-14(8-9-19(21)22-20(25(34)37)12-31-33-22)17-6-1-2-7-18(17)24(36)32-16-5-3-4-15(10-16)23(30)35/h1-7,10,14,19-22,31,33H,8-9,11-13H2,(H2,30,35)(H,32,36). The van der Waals surface area contributed by atoms with Gasteiger partial charge >= 0.3 is 6.18 Å². The number of carbonyl (C=O) groups excluding carboxylic acids is 3. The molecule has 5 N–H and O–H groups in total. The highest BCUT2D eigenvalue weighted by Gasteiger charge is 2.54. The van der Waals surface area contributed by atoms with Crippen molar-refractivity contribution in [1.29, 1.82) is 0 Å². The predicted octanol–water partition coefficient (Wildman–Crippen LogP) is 2.79. The maximum absolute atomic E-state index is 13.5. The molecule has 0 radical (unpaired) electrons. The van der Waals surface area contributed by atoms with Crippen LogP contribution < -0.4 is 21.9 Å². The monoisotopic (exact) mass is 515 g/mol. The summed E-state index contributed by atoms with van der Waals surface area (Å²) in [5.74, 6) is -2.33. The van der Waals surface area contributed by atoms with E-state index in [1.54, 1.807) is 36.4 Å². The van der Waals surface area contributed by atoms with Gasteiger partial charge in [0.15, 0.2) is 0 Å². The molecule has 196 valence electrons. The molecule has 0 bridgehead atoms. The molecule has 5 atom stereocenters. The minimum Gasteiger partial charge on any atom is -0.366 e. The smallest absolute Gasteiger partial charge is 0.366 e. The number of nitrogens with zero attached hydrogens (tertiary/aromatic N) is 1. The van der Waals surface area contributed by atoms with E-state index >= 15 is 0 Å². The van der Waals surface area contributed by atoms with Gasteiger partial charge < -0.3 is 16.0 Å². The number of nitrogens with two attached hydrogens (primary N) is 1. The second-order valence-electron chi connectivity index (χ2n) is 9.97. The van der Waals surface area contributed by atoms with Gasteiger partial charge in [-0.05, 0) is 60.9 Å². The Kier molecular flexibility index (Phi) is 6.67. The number of halogens is 3. The normalized spacial score (nSPS) is 27.4. The summed E-state index contributed by atoms with van der Waals surface area (Å²) in [6.45, 7) is -0.967. The Bertz CT molecular complexity index is 1220. The lowest BCUT2D eigenvalue weighted by Gasteiger charge is -2.50. The number of rotatable bonds is 5. The number of hydrogen-bond donors (Lipinski definition) is 4. The van der Waals surface area contributed by atoms with Gasteiger partial charge in [-0.2, -0.15) is 13.2 Å². The van der Waals surface area contributed by atoms with Crippen LogP contribution in [-0.4, -0.2) is 54.0 Å². The Morgan fingerprint density at radius 3 is 2.65 bits per heavy atom. The number of amides is 3. The lowest BCUT2D eigenvalue weighted by Crippen LogP contribution is -2.63. The fourth-order valence-corrected chi connectivity index (χ4v) is 6.16. The largest absolute Gasteiger partial charge is 0.406 e. The summed E-state index contributed by atoms with van der Waals surface area (Å²) < 4.78 is 40.5. The van der Waals surface area contributed by atoms with Crippen LogP contribution in [0.5, 0.6) is 0 Å². The fourth-order valence-electron chi connectivity index (χ4n) is 6.16. The molecule has 11 heteroatoms. The Hall–Kier alpha value is -3.44. The number of primary amides is 1. The summed E-state index contributed by atoms with van der Waals surface area (Å²) in [6.07, 6.45) is -2.86. The molecule has 5 unspecified atom stereocenters. The molecular weight excluding hydrogens is 487 g/mol. The molecule has 2 heterocycles. The molecule has 3 fully saturated rings. The average Bonchev–Trinajstić information content (AvgIpc) is 3.36. The van der Waals surface area contributed by atoms with Gasteiger partial charge in [-0.25, -0.2) is 0 Å². The SMILES string of the molecule is NC(=O)c1cccc(NC(=O)c2ccccc2C2CCC3C4NNCC4C(=O)N(CC(F)(F)F)C3C2)c1. The molecule has 37 heavy (non-hydrogen) atoms. The lowest BCUT2D eigenvalue weighted by molar-refractivity contribution is -0.178. The minimum atomic E-state index is -4.50. The van der Waals surface area contributed by atoms with E-state index in [1.165, 1.54) is 6.07 Å². The molecule has 5 rings (SSSR count). The molecule has 0 aromatic heterocycles. The summed E-state index contributed by atoms with van der Waals surface area (Å²) >= 11 is 0. The van der Waals surface area contributed by atoms with Crippen molar-refractivity contribution in [1.82, 2.24) is 15.8 Å². The first-order valence-corrected chi connectivity index (χ1v) is 12.3. The summed E-state index contributed by atoms with van der Waals surface area (Å²) in [6, 6.07) is 12.5. The second kappa shape index (κ2) is 9.79. The number of alkyl halides is 3. The van der Waals surface area contributed by atoms with Gasteiger partial charge in [0, 0.05) is 35.4 Å². The van der Waals surface area contributed by atoms with Crippen molar-refractivity contribution in [2.24, 2.45) is 17.6 Å². The number of hydrazine groups is 1. The van der Waals surface area contributed by atoms with E-state index in [2.05, 4.69) is 16.2 Å². The third-order valence-corrected chi connectivity index (χ3v) is 7.75. The summed E-state index contributed by atoms with van der Waals surface area (Å²) in [5, 5.41) is 2.79. The summed E-state index contributed by atoms with van der Waals surface area (Å²) in [4.78, 5) is 38.8. The van der Waals surface area contributed by atoms with Gasteiger partial charge in [0.2, 0.25) is 11.8 Å². The van der Waals surface area contributed by atoms with E-state index in [0.29, 0.717) is 37.1 Å². The third kappa shape index (κ3) is 5.05. The van der Waals surface area contributed by atoms with Crippen LogP contribution in [0.25, 0.3) is 0 Å². The number of anilines is 1. The molecule has 1 saturated carbocycles. The van der Waals surface area contributed by atoms with E-state index in [1.807, 2.05) is 6.07 Å². The van der Waals surface area contributed by atoms with Crippen LogP contribution in [0.15, 0.2) is 48.5 Å². The zero-order chi connectivity index (χ0) is 26.3. The molecule has 3 aliphatic rings. The Balaban J connectivity index is 1.40. The Morgan fingerprint density at radius 2 is 1.89 bits per heavy atom. The quantitative estimate of drug-likeness (QED) is 0.489. The van der Waals surface area contributed by atoms with Crippen LogP contribution in [0.3, 0.4) is 0 Å². The first-order valence-electron chi connectivity index (χ1n) is 12.3. The molecule has 8 nitrogen and oxygen atoms in total. The van der Waals surface area contributed by atoms with E-state index in [4.69, 9.17) is 5.73 Å². The van der Waals surface area contributed by atoms with Crippen molar-refractivity contribution in [2.75, 3.05) is 18.4 Å². The zero-order valence-corrected chi connectivity index (χ0v) is 19.9. The molecule has 1 aliphatic carbocycles. The zero-order valence-electron chi connectivity index (χ0n) is 19.9. The number of fused-ring (bicyclic) bond motifs is 3. The van der Waals surface area contributed by atoms with Crippen molar-refractivity contribution in [3.63, 3.8) is 0 Å². The number of hydrogen-bond acceptors (Lipinski definition) is 5. The third-order valence-electron chi connectivity index (χ3n) is 7.75. The van der Waals surface area contributed by atoms with Crippen molar-refractivity contribution in [3.8, 4) is 0 Å². The van der Waals surface area contributed by atoms with Crippen LogP contribution in [0, 0.1) is 11.8 Å². The van der Waals surface area contributed by atoms with Crippen molar-refractivity contribution in [2.45, 2.75) is 43.4 Å².